The van der Waals surface area contributed by atoms with E-state index in [0.29, 0.717) is 6.41 Å². The second-order valence-corrected chi connectivity index (χ2v) is 5.98. The molecule has 0 heterocycles. The van der Waals surface area contributed by atoms with Crippen molar-refractivity contribution in [3.05, 3.63) is 22.7 Å². The summed E-state index contributed by atoms with van der Waals surface area (Å²) in [7, 11) is -2.17. The average Bonchev–Trinajstić information content (AvgIpc) is 2.36. The van der Waals surface area contributed by atoms with E-state index < -0.39 is 15.8 Å². The Hall–Kier alpha value is -1.80. The van der Waals surface area contributed by atoms with Gasteiger partial charge in [0.15, 0.2) is 5.78 Å². The third-order valence-corrected chi connectivity index (χ3v) is 3.13. The number of Topliss-reactive ketones (excluding diaryl/α,β-unsaturated/α-hetero) is 1. The summed E-state index contributed by atoms with van der Waals surface area (Å²) < 4.78 is 29.6. The minimum Gasteiger partial charge on any atom is -0.496 e. The quantitative estimate of drug-likeness (QED) is 0.567. The molecule has 0 aliphatic rings. The van der Waals surface area contributed by atoms with E-state index in [0.717, 1.165) is 6.26 Å². The van der Waals surface area contributed by atoms with E-state index in [9.17, 15) is 18.0 Å². The monoisotopic (exact) mass is 320 g/mol. The third-order valence-electron chi connectivity index (χ3n) is 2.23. The van der Waals surface area contributed by atoms with E-state index in [1.165, 1.54) is 19.2 Å². The number of sulfonamides is 1. The number of hydrogen-bond donors (Lipinski definition) is 2. The molecule has 1 amide bonds. The lowest BCUT2D eigenvalue weighted by atomic mass is 10.1. The molecule has 0 bridgehead atoms. The van der Waals surface area contributed by atoms with Crippen molar-refractivity contribution in [2.75, 3.05) is 24.6 Å². The van der Waals surface area contributed by atoms with E-state index >= 15 is 0 Å². The molecule has 7 nitrogen and oxygen atoms in total. The summed E-state index contributed by atoms with van der Waals surface area (Å²) in [5.41, 5.74) is 0.247. The highest BCUT2D eigenvalue weighted by molar-refractivity contribution is 7.92. The van der Waals surface area contributed by atoms with Crippen LogP contribution in [0.15, 0.2) is 12.1 Å². The first-order valence-corrected chi connectivity index (χ1v) is 7.61. The number of ether oxygens (including phenoxy) is 1. The highest BCUT2D eigenvalue weighted by Gasteiger charge is 2.17. The Kier molecular flexibility index (Phi) is 5.34. The van der Waals surface area contributed by atoms with E-state index in [2.05, 4.69) is 10.0 Å². The summed E-state index contributed by atoms with van der Waals surface area (Å²) in [4.78, 5) is 22.0. The normalized spacial score (nSPS) is 10.8. The molecule has 1 aromatic rings. The molecule has 0 atom stereocenters. The van der Waals surface area contributed by atoms with Crippen LogP contribution in [0.5, 0.6) is 5.75 Å². The SMILES string of the molecule is COc1cc(NS(C)(=O)=O)c(Cl)cc1C(=O)CNC=O. The van der Waals surface area contributed by atoms with Gasteiger partial charge in [-0.25, -0.2) is 8.42 Å². The summed E-state index contributed by atoms with van der Waals surface area (Å²) >= 11 is 5.92. The van der Waals surface area contributed by atoms with Gasteiger partial charge in [0.05, 0.1) is 36.2 Å². The minimum absolute atomic E-state index is 0.0469. The molecule has 0 saturated carbocycles. The van der Waals surface area contributed by atoms with Crippen molar-refractivity contribution in [2.45, 2.75) is 0 Å². The molecule has 0 aliphatic carbocycles. The van der Waals surface area contributed by atoms with Gasteiger partial charge in [0, 0.05) is 6.07 Å². The van der Waals surface area contributed by atoms with Crippen LogP contribution in [0.2, 0.25) is 5.02 Å². The molecule has 0 saturated heterocycles. The number of anilines is 1. The third kappa shape index (κ3) is 4.39. The number of amides is 1. The summed E-state index contributed by atoms with van der Waals surface area (Å²) in [5, 5.41) is 2.28. The maximum absolute atomic E-state index is 11.8. The largest absolute Gasteiger partial charge is 0.496 e. The summed E-state index contributed by atoms with van der Waals surface area (Å²) in [6.07, 6.45) is 1.37. The van der Waals surface area contributed by atoms with Gasteiger partial charge in [0.1, 0.15) is 5.75 Å². The molecule has 0 unspecified atom stereocenters. The molecule has 0 aromatic heterocycles. The number of methoxy groups -OCH3 is 1. The molecule has 0 aliphatic heterocycles. The molecule has 9 heteroatoms. The van der Waals surface area contributed by atoms with Crippen LogP contribution in [0.4, 0.5) is 5.69 Å². The fourth-order valence-electron chi connectivity index (χ4n) is 1.45. The van der Waals surface area contributed by atoms with Gasteiger partial charge in [-0.05, 0) is 6.07 Å². The number of carbonyl (C=O) groups excluding carboxylic acids is 2. The molecule has 1 aromatic carbocycles. The zero-order valence-electron chi connectivity index (χ0n) is 10.8. The van der Waals surface area contributed by atoms with Crippen molar-refractivity contribution in [3.63, 3.8) is 0 Å². The summed E-state index contributed by atoms with van der Waals surface area (Å²) in [6, 6.07) is 2.58. The number of rotatable bonds is 7. The van der Waals surface area contributed by atoms with Crippen LogP contribution < -0.4 is 14.8 Å². The second-order valence-electron chi connectivity index (χ2n) is 3.83. The van der Waals surface area contributed by atoms with Gasteiger partial charge in [-0.15, -0.1) is 0 Å². The zero-order chi connectivity index (χ0) is 15.3. The van der Waals surface area contributed by atoms with Crippen molar-refractivity contribution in [2.24, 2.45) is 0 Å². The first-order chi connectivity index (χ1) is 9.28. The van der Waals surface area contributed by atoms with E-state index in [1.807, 2.05) is 0 Å². The number of hydrogen-bond acceptors (Lipinski definition) is 5. The van der Waals surface area contributed by atoms with Crippen molar-refractivity contribution < 1.29 is 22.7 Å². The van der Waals surface area contributed by atoms with Crippen LogP contribution >= 0.6 is 11.6 Å². The average molecular weight is 321 g/mol. The van der Waals surface area contributed by atoms with Crippen molar-refractivity contribution >= 4 is 39.5 Å². The Morgan fingerprint density at radius 3 is 2.60 bits per heavy atom. The lowest BCUT2D eigenvalue weighted by Gasteiger charge is -2.12. The summed E-state index contributed by atoms with van der Waals surface area (Å²) in [5.74, 6) is -0.264. The maximum atomic E-state index is 11.8. The Morgan fingerprint density at radius 1 is 1.45 bits per heavy atom. The Bertz CT molecular complexity index is 630. The molecule has 20 heavy (non-hydrogen) atoms. The smallest absolute Gasteiger partial charge is 0.229 e. The molecule has 110 valence electrons. The minimum atomic E-state index is -3.51. The standard InChI is InChI=1S/C11H13ClN2O5S/c1-19-11-4-9(14-20(2,17)18)8(12)3-7(11)10(16)5-13-6-15/h3-4,6,14H,5H2,1-2H3,(H,13,15). The predicted molar refractivity (Wildman–Crippen MR) is 74.9 cm³/mol. The molecular formula is C11H13ClN2O5S. The van der Waals surface area contributed by atoms with Crippen molar-refractivity contribution in [1.82, 2.24) is 5.32 Å². The van der Waals surface area contributed by atoms with Crippen LogP contribution in [0.25, 0.3) is 0 Å². The maximum Gasteiger partial charge on any atom is 0.229 e. The van der Waals surface area contributed by atoms with Gasteiger partial charge in [0.25, 0.3) is 0 Å². The van der Waals surface area contributed by atoms with E-state index in [-0.39, 0.29) is 28.6 Å². The predicted octanol–water partition coefficient (Wildman–Crippen LogP) is 0.649. The van der Waals surface area contributed by atoms with Crippen LogP contribution in [-0.4, -0.2) is 40.5 Å². The van der Waals surface area contributed by atoms with Crippen LogP contribution in [0.1, 0.15) is 10.4 Å². The first-order valence-electron chi connectivity index (χ1n) is 5.34. The lowest BCUT2D eigenvalue weighted by molar-refractivity contribution is -0.109. The summed E-state index contributed by atoms with van der Waals surface area (Å²) in [6.45, 7) is -0.213. The van der Waals surface area contributed by atoms with Gasteiger partial charge in [-0.2, -0.15) is 0 Å². The van der Waals surface area contributed by atoms with Gasteiger partial charge in [-0.1, -0.05) is 11.6 Å². The topological polar surface area (TPSA) is 102 Å². The Balaban J connectivity index is 3.19. The number of ketones is 1. The number of benzene rings is 1. The first kappa shape index (κ1) is 16.3. The van der Waals surface area contributed by atoms with Gasteiger partial charge < -0.3 is 10.1 Å². The fourth-order valence-corrected chi connectivity index (χ4v) is 2.28. The zero-order valence-corrected chi connectivity index (χ0v) is 12.3. The van der Waals surface area contributed by atoms with Crippen LogP contribution in [-0.2, 0) is 14.8 Å². The number of nitrogens with one attached hydrogen (secondary N) is 2. The van der Waals surface area contributed by atoms with E-state index in [1.54, 1.807) is 0 Å². The number of halogens is 1. The lowest BCUT2D eigenvalue weighted by Crippen LogP contribution is -2.22. The van der Waals surface area contributed by atoms with E-state index in [4.69, 9.17) is 16.3 Å². The molecule has 2 N–H and O–H groups in total. The van der Waals surface area contributed by atoms with Crippen LogP contribution in [0.3, 0.4) is 0 Å². The Morgan fingerprint density at radius 2 is 2.10 bits per heavy atom. The molecule has 0 radical (unpaired) electrons. The van der Waals surface area contributed by atoms with Crippen LogP contribution in [0, 0.1) is 0 Å². The molecular weight excluding hydrogens is 308 g/mol. The van der Waals surface area contributed by atoms with Gasteiger partial charge in [0.2, 0.25) is 16.4 Å². The van der Waals surface area contributed by atoms with Crippen molar-refractivity contribution in [1.29, 1.82) is 0 Å². The van der Waals surface area contributed by atoms with Gasteiger partial charge in [-0.3, -0.25) is 14.3 Å². The van der Waals surface area contributed by atoms with Crippen molar-refractivity contribution in [3.8, 4) is 5.75 Å². The Labute approximate surface area is 121 Å². The fraction of sp³-hybridized carbons (Fsp3) is 0.273. The highest BCUT2D eigenvalue weighted by Crippen LogP contribution is 2.31. The molecule has 0 fully saturated rings. The highest BCUT2D eigenvalue weighted by atomic mass is 35.5. The second kappa shape index (κ2) is 6.58. The molecule has 1 rings (SSSR count). The molecule has 0 spiro atoms. The van der Waals surface area contributed by atoms with Gasteiger partial charge >= 0.3 is 0 Å². The number of carbonyl (C=O) groups is 2.